The van der Waals surface area contributed by atoms with Gasteiger partial charge in [0.15, 0.2) is 9.84 Å². The van der Waals surface area contributed by atoms with Crippen LogP contribution in [0.25, 0.3) is 0 Å². The van der Waals surface area contributed by atoms with E-state index in [1.807, 2.05) is 24.3 Å². The highest BCUT2D eigenvalue weighted by Crippen LogP contribution is 2.45. The molecule has 2 rings (SSSR count). The van der Waals surface area contributed by atoms with Gasteiger partial charge in [0.1, 0.15) is 4.58 Å². The molecule has 1 aliphatic rings. The zero-order valence-electron chi connectivity index (χ0n) is 11.4. The molecule has 19 heavy (non-hydrogen) atoms. The molecule has 5 heteroatoms. The van der Waals surface area contributed by atoms with Crippen LogP contribution in [0.15, 0.2) is 28.7 Å². The molecule has 1 aliphatic heterocycles. The molecule has 0 bridgehead atoms. The summed E-state index contributed by atoms with van der Waals surface area (Å²) in [6, 6.07) is 7.61. The van der Waals surface area contributed by atoms with E-state index in [9.17, 15) is 8.42 Å². The summed E-state index contributed by atoms with van der Waals surface area (Å²) in [5.74, 6) is 1.43. The Morgan fingerprint density at radius 2 is 1.79 bits per heavy atom. The topological polar surface area (TPSA) is 34.1 Å². The number of rotatable bonds is 1. The first-order valence-electron chi connectivity index (χ1n) is 6.29. The van der Waals surface area contributed by atoms with Crippen molar-refractivity contribution in [2.24, 2.45) is 11.3 Å². The Labute approximate surface area is 128 Å². The molecule has 2 unspecified atom stereocenters. The number of benzene rings is 1. The molecule has 1 fully saturated rings. The van der Waals surface area contributed by atoms with Crippen LogP contribution in [0.3, 0.4) is 0 Å². The van der Waals surface area contributed by atoms with Crippen molar-refractivity contribution in [2.45, 2.75) is 25.4 Å². The summed E-state index contributed by atoms with van der Waals surface area (Å²) in [6.07, 6.45) is 0. The molecule has 0 amide bonds. The van der Waals surface area contributed by atoms with Crippen molar-refractivity contribution < 1.29 is 8.42 Å². The average Bonchev–Trinajstić information content (AvgIpc) is 2.28. The van der Waals surface area contributed by atoms with E-state index in [4.69, 9.17) is 0 Å². The molecule has 2 nitrogen and oxygen atoms in total. The molecule has 106 valence electrons. The van der Waals surface area contributed by atoms with Gasteiger partial charge in [0.2, 0.25) is 0 Å². The lowest BCUT2D eigenvalue weighted by Crippen LogP contribution is -2.35. The summed E-state index contributed by atoms with van der Waals surface area (Å²) >= 11 is 4.94. The minimum atomic E-state index is -3.07. The molecule has 0 radical (unpaired) electrons. The van der Waals surface area contributed by atoms with E-state index in [1.54, 1.807) is 11.8 Å². The van der Waals surface area contributed by atoms with Gasteiger partial charge in [-0.3, -0.25) is 0 Å². The van der Waals surface area contributed by atoms with Gasteiger partial charge in [-0.25, -0.2) is 8.42 Å². The number of sulfone groups is 1. The van der Waals surface area contributed by atoms with Gasteiger partial charge < -0.3 is 0 Å². The number of hydrogen-bond acceptors (Lipinski definition) is 3. The van der Waals surface area contributed by atoms with Crippen molar-refractivity contribution in [2.75, 3.05) is 11.5 Å². The first-order valence-corrected chi connectivity index (χ1v) is 9.84. The van der Waals surface area contributed by atoms with E-state index in [2.05, 4.69) is 36.7 Å². The van der Waals surface area contributed by atoms with Gasteiger partial charge in [0.05, 0.1) is 5.75 Å². The average molecular weight is 363 g/mol. The fourth-order valence-electron chi connectivity index (χ4n) is 2.15. The lowest BCUT2D eigenvalue weighted by atomic mass is 9.83. The second kappa shape index (κ2) is 5.41. The fraction of sp³-hybridized carbons (Fsp3) is 0.571. The second-order valence-electron chi connectivity index (χ2n) is 6.11. The summed E-state index contributed by atoms with van der Waals surface area (Å²) in [6.45, 7) is 6.36. The Balaban J connectivity index is 2.25. The minimum Gasteiger partial charge on any atom is -0.227 e. The molecule has 2 atom stereocenters. The summed E-state index contributed by atoms with van der Waals surface area (Å²) in [7, 11) is -3.07. The van der Waals surface area contributed by atoms with Crippen molar-refractivity contribution in [1.29, 1.82) is 0 Å². The van der Waals surface area contributed by atoms with E-state index >= 15 is 0 Å². The summed E-state index contributed by atoms with van der Waals surface area (Å²) in [4.78, 5) is 0. The van der Waals surface area contributed by atoms with Gasteiger partial charge in [-0.1, -0.05) is 48.8 Å². The van der Waals surface area contributed by atoms with E-state index in [0.29, 0.717) is 5.75 Å². The van der Waals surface area contributed by atoms with Crippen molar-refractivity contribution in [3.8, 4) is 0 Å². The molecule has 1 aromatic rings. The van der Waals surface area contributed by atoms with E-state index in [1.165, 1.54) is 0 Å². The highest BCUT2D eigenvalue weighted by molar-refractivity contribution is 9.10. The second-order valence-corrected chi connectivity index (χ2v) is 10.6. The van der Waals surface area contributed by atoms with Crippen LogP contribution in [0.4, 0.5) is 0 Å². The SMILES string of the molecule is CC(C)(C)C1CSC(c2ccc(Br)cc2)S(=O)(=O)C1. The maximum atomic E-state index is 12.5. The highest BCUT2D eigenvalue weighted by Gasteiger charge is 2.40. The molecule has 0 N–H and O–H groups in total. The van der Waals surface area contributed by atoms with Crippen molar-refractivity contribution in [1.82, 2.24) is 0 Å². The minimum absolute atomic E-state index is 0.0464. The summed E-state index contributed by atoms with van der Waals surface area (Å²) in [5.41, 5.74) is 0.936. The molecule has 0 saturated carbocycles. The van der Waals surface area contributed by atoms with Crippen LogP contribution in [0.1, 0.15) is 30.9 Å². The van der Waals surface area contributed by atoms with Gasteiger partial charge in [-0.15, -0.1) is 11.8 Å². The van der Waals surface area contributed by atoms with Crippen molar-refractivity contribution >= 4 is 37.5 Å². The number of hydrogen-bond donors (Lipinski definition) is 0. The predicted molar refractivity (Wildman–Crippen MR) is 86.1 cm³/mol. The predicted octanol–water partition coefficient (Wildman–Crippen LogP) is 4.27. The Kier molecular flexibility index (Phi) is 4.38. The van der Waals surface area contributed by atoms with Crippen molar-refractivity contribution in [3.05, 3.63) is 34.3 Å². The molecule has 0 spiro atoms. The zero-order valence-corrected chi connectivity index (χ0v) is 14.6. The first kappa shape index (κ1) is 15.4. The van der Waals surface area contributed by atoms with E-state index in [0.717, 1.165) is 15.8 Å². The van der Waals surface area contributed by atoms with Crippen LogP contribution >= 0.6 is 27.7 Å². The Bertz CT molecular complexity index is 544. The largest absolute Gasteiger partial charge is 0.227 e. The standard InChI is InChI=1S/C14H19BrO2S2/c1-14(2,3)11-8-18-13(19(16,17)9-11)10-4-6-12(15)7-5-10/h4-7,11,13H,8-9H2,1-3H3. The summed E-state index contributed by atoms with van der Waals surface area (Å²) in [5, 5.41) is 0. The van der Waals surface area contributed by atoms with Crippen LogP contribution in [-0.2, 0) is 9.84 Å². The van der Waals surface area contributed by atoms with E-state index in [-0.39, 0.29) is 11.3 Å². The maximum Gasteiger partial charge on any atom is 0.166 e. The number of halogens is 1. The number of thioether (sulfide) groups is 1. The summed E-state index contributed by atoms with van der Waals surface area (Å²) < 4.78 is 25.6. The van der Waals surface area contributed by atoms with Gasteiger partial charge in [-0.2, -0.15) is 0 Å². The van der Waals surface area contributed by atoms with Crippen molar-refractivity contribution in [3.63, 3.8) is 0 Å². The lowest BCUT2D eigenvalue weighted by molar-refractivity contribution is 0.288. The monoisotopic (exact) mass is 362 g/mol. The zero-order chi connectivity index (χ0) is 14.3. The highest BCUT2D eigenvalue weighted by atomic mass is 79.9. The smallest absolute Gasteiger partial charge is 0.166 e. The first-order chi connectivity index (χ1) is 8.70. The Hall–Kier alpha value is -0.000000000000000111. The third-order valence-corrected chi connectivity index (χ3v) is 8.35. The van der Waals surface area contributed by atoms with Gasteiger partial charge in [-0.05, 0) is 34.8 Å². The molecule has 1 aromatic carbocycles. The van der Waals surface area contributed by atoms with Crippen LogP contribution in [0, 0.1) is 11.3 Å². The molecular weight excluding hydrogens is 344 g/mol. The van der Waals surface area contributed by atoms with E-state index < -0.39 is 14.4 Å². The molecule has 1 saturated heterocycles. The fourth-order valence-corrected chi connectivity index (χ4v) is 7.16. The maximum absolute atomic E-state index is 12.5. The Morgan fingerprint density at radius 1 is 1.21 bits per heavy atom. The Morgan fingerprint density at radius 3 is 2.26 bits per heavy atom. The van der Waals surface area contributed by atoms with Crippen LogP contribution in [-0.4, -0.2) is 19.9 Å². The molecule has 1 heterocycles. The molecule has 0 aliphatic carbocycles. The van der Waals surface area contributed by atoms with Crippen LogP contribution < -0.4 is 0 Å². The van der Waals surface area contributed by atoms with Crippen LogP contribution in [0.5, 0.6) is 0 Å². The lowest BCUT2D eigenvalue weighted by Gasteiger charge is -2.36. The van der Waals surface area contributed by atoms with Gasteiger partial charge in [0, 0.05) is 4.47 Å². The third kappa shape index (κ3) is 3.56. The molecule has 0 aromatic heterocycles. The third-order valence-electron chi connectivity index (χ3n) is 3.58. The van der Waals surface area contributed by atoms with Crippen LogP contribution in [0.2, 0.25) is 0 Å². The quantitative estimate of drug-likeness (QED) is 0.747. The van der Waals surface area contributed by atoms with Gasteiger partial charge in [0.25, 0.3) is 0 Å². The van der Waals surface area contributed by atoms with Gasteiger partial charge >= 0.3 is 0 Å². The normalized spacial score (nSPS) is 27.2. The molecular formula is C14H19BrO2S2.